The Bertz CT molecular complexity index is 653. The van der Waals surface area contributed by atoms with Crippen molar-refractivity contribution in [3.63, 3.8) is 0 Å². The van der Waals surface area contributed by atoms with Gasteiger partial charge in [-0.05, 0) is 24.3 Å². The number of rotatable bonds is 4. The highest BCUT2D eigenvalue weighted by Gasteiger charge is 2.18. The van der Waals surface area contributed by atoms with Crippen molar-refractivity contribution in [3.8, 4) is 17.0 Å². The third-order valence-electron chi connectivity index (χ3n) is 2.85. The van der Waals surface area contributed by atoms with Gasteiger partial charge >= 0.3 is 5.97 Å². The summed E-state index contributed by atoms with van der Waals surface area (Å²) in [6, 6.07) is 5.27. The number of carboxylic acid groups (broad SMARTS) is 1. The van der Waals surface area contributed by atoms with Gasteiger partial charge in [0.25, 0.3) is 6.43 Å². The lowest BCUT2D eigenvalue weighted by molar-refractivity contribution is 0.0689. The monoisotopic (exact) mass is 282 g/mol. The second-order valence-corrected chi connectivity index (χ2v) is 4.10. The molecule has 0 aliphatic carbocycles. The molecule has 0 bridgehead atoms. The van der Waals surface area contributed by atoms with Crippen LogP contribution in [-0.4, -0.2) is 28.0 Å². The number of carboxylic acids is 1. The van der Waals surface area contributed by atoms with E-state index in [0.717, 1.165) is 0 Å². The normalized spacial score (nSPS) is 10.8. The molecular formula is C13H12F2N2O3. The zero-order valence-corrected chi connectivity index (χ0v) is 10.8. The topological polar surface area (TPSA) is 64.3 Å². The third-order valence-corrected chi connectivity index (χ3v) is 2.85. The number of hydrogen-bond acceptors (Lipinski definition) is 3. The molecule has 1 aromatic heterocycles. The Morgan fingerprint density at radius 3 is 2.60 bits per heavy atom. The fraction of sp³-hybridized carbons (Fsp3) is 0.231. The summed E-state index contributed by atoms with van der Waals surface area (Å²) < 4.78 is 32.0. The predicted molar refractivity (Wildman–Crippen MR) is 67.1 cm³/mol. The zero-order valence-electron chi connectivity index (χ0n) is 10.8. The maximum atomic E-state index is 12.8. The number of carbonyl (C=O) groups is 1. The van der Waals surface area contributed by atoms with Crippen LogP contribution in [0, 0.1) is 0 Å². The van der Waals surface area contributed by atoms with Crippen molar-refractivity contribution in [3.05, 3.63) is 35.5 Å². The van der Waals surface area contributed by atoms with E-state index in [1.54, 1.807) is 0 Å². The van der Waals surface area contributed by atoms with Crippen molar-refractivity contribution < 1.29 is 23.4 Å². The first-order valence-electron chi connectivity index (χ1n) is 5.68. The highest BCUT2D eigenvalue weighted by molar-refractivity contribution is 5.87. The summed E-state index contributed by atoms with van der Waals surface area (Å²) in [5.41, 5.74) is 0.431. The molecule has 0 fully saturated rings. The lowest BCUT2D eigenvalue weighted by Crippen LogP contribution is -2.00. The van der Waals surface area contributed by atoms with Gasteiger partial charge in [-0.15, -0.1) is 0 Å². The Morgan fingerprint density at radius 2 is 2.10 bits per heavy atom. The zero-order chi connectivity index (χ0) is 14.9. The van der Waals surface area contributed by atoms with Crippen LogP contribution in [0.2, 0.25) is 0 Å². The SMILES string of the molecule is COc1ccc(C(F)F)cc1-c1cc(C(=O)O)nn1C. The summed E-state index contributed by atoms with van der Waals surface area (Å²) >= 11 is 0. The molecule has 7 heteroatoms. The summed E-state index contributed by atoms with van der Waals surface area (Å²) in [5.74, 6) is -0.815. The van der Waals surface area contributed by atoms with Gasteiger partial charge < -0.3 is 9.84 Å². The van der Waals surface area contributed by atoms with Crippen LogP contribution < -0.4 is 4.74 Å². The Morgan fingerprint density at radius 1 is 1.40 bits per heavy atom. The molecule has 5 nitrogen and oxygen atoms in total. The molecule has 0 spiro atoms. The first-order chi connectivity index (χ1) is 9.43. The maximum absolute atomic E-state index is 12.8. The largest absolute Gasteiger partial charge is 0.496 e. The number of benzene rings is 1. The van der Waals surface area contributed by atoms with E-state index in [2.05, 4.69) is 5.10 Å². The van der Waals surface area contributed by atoms with Gasteiger partial charge in [0.05, 0.1) is 12.8 Å². The number of methoxy groups -OCH3 is 1. The van der Waals surface area contributed by atoms with E-state index in [9.17, 15) is 13.6 Å². The molecule has 1 heterocycles. The quantitative estimate of drug-likeness (QED) is 0.936. The van der Waals surface area contributed by atoms with Gasteiger partial charge in [0.15, 0.2) is 5.69 Å². The molecule has 20 heavy (non-hydrogen) atoms. The number of aromatic nitrogens is 2. The highest BCUT2D eigenvalue weighted by atomic mass is 19.3. The number of ether oxygens (including phenoxy) is 1. The van der Waals surface area contributed by atoms with Gasteiger partial charge in [0, 0.05) is 18.2 Å². The van der Waals surface area contributed by atoms with E-state index in [1.165, 1.54) is 43.1 Å². The fourth-order valence-electron chi connectivity index (χ4n) is 1.89. The highest BCUT2D eigenvalue weighted by Crippen LogP contribution is 2.33. The van der Waals surface area contributed by atoms with E-state index < -0.39 is 12.4 Å². The number of aryl methyl sites for hydroxylation is 1. The average molecular weight is 282 g/mol. The minimum Gasteiger partial charge on any atom is -0.496 e. The van der Waals surface area contributed by atoms with Gasteiger partial charge in [-0.2, -0.15) is 5.10 Å². The van der Waals surface area contributed by atoms with Crippen LogP contribution in [0.3, 0.4) is 0 Å². The van der Waals surface area contributed by atoms with Crippen molar-refractivity contribution in [2.75, 3.05) is 7.11 Å². The number of alkyl halides is 2. The Labute approximate surface area is 113 Å². The van der Waals surface area contributed by atoms with Crippen LogP contribution in [0.4, 0.5) is 8.78 Å². The number of halogens is 2. The van der Waals surface area contributed by atoms with E-state index in [4.69, 9.17) is 9.84 Å². The van der Waals surface area contributed by atoms with Crippen molar-refractivity contribution in [2.24, 2.45) is 7.05 Å². The van der Waals surface area contributed by atoms with Crippen LogP contribution in [0.25, 0.3) is 11.3 Å². The summed E-state index contributed by atoms with van der Waals surface area (Å²) in [7, 11) is 2.95. The second-order valence-electron chi connectivity index (χ2n) is 4.10. The number of nitrogens with zero attached hydrogens (tertiary/aromatic N) is 2. The Kier molecular flexibility index (Phi) is 3.69. The van der Waals surface area contributed by atoms with E-state index >= 15 is 0 Å². The van der Waals surface area contributed by atoms with Gasteiger partial charge in [-0.25, -0.2) is 13.6 Å². The molecule has 0 saturated heterocycles. The minimum atomic E-state index is -2.62. The average Bonchev–Trinajstić information content (AvgIpc) is 2.80. The van der Waals surface area contributed by atoms with Crippen LogP contribution >= 0.6 is 0 Å². The molecule has 0 aliphatic rings. The van der Waals surface area contributed by atoms with Gasteiger partial charge in [0.1, 0.15) is 5.75 Å². The van der Waals surface area contributed by atoms with E-state index in [1.807, 2.05) is 0 Å². The molecule has 106 valence electrons. The van der Waals surface area contributed by atoms with Crippen LogP contribution in [0.15, 0.2) is 24.3 Å². The molecule has 0 saturated carbocycles. The summed E-state index contributed by atoms with van der Waals surface area (Å²) in [5, 5.41) is 12.7. The minimum absolute atomic E-state index is 0.160. The van der Waals surface area contributed by atoms with Crippen LogP contribution in [0.5, 0.6) is 5.75 Å². The third kappa shape index (κ3) is 2.47. The molecular weight excluding hydrogens is 270 g/mol. The first-order valence-corrected chi connectivity index (χ1v) is 5.68. The van der Waals surface area contributed by atoms with E-state index in [0.29, 0.717) is 17.0 Å². The van der Waals surface area contributed by atoms with Crippen molar-refractivity contribution >= 4 is 5.97 Å². The van der Waals surface area contributed by atoms with Gasteiger partial charge in [-0.1, -0.05) is 0 Å². The van der Waals surface area contributed by atoms with E-state index in [-0.39, 0.29) is 11.3 Å². The lowest BCUT2D eigenvalue weighted by atomic mass is 10.1. The second kappa shape index (κ2) is 5.28. The van der Waals surface area contributed by atoms with Crippen molar-refractivity contribution in [2.45, 2.75) is 6.43 Å². The molecule has 0 amide bonds. The summed E-state index contributed by atoms with van der Waals surface area (Å²) in [4.78, 5) is 10.9. The smallest absolute Gasteiger partial charge is 0.356 e. The molecule has 0 radical (unpaired) electrons. The molecule has 0 aliphatic heterocycles. The molecule has 2 aromatic rings. The molecule has 0 unspecified atom stereocenters. The number of aromatic carboxylic acids is 1. The first kappa shape index (κ1) is 14.0. The van der Waals surface area contributed by atoms with Gasteiger partial charge in [0.2, 0.25) is 0 Å². The molecule has 0 atom stereocenters. The molecule has 1 aromatic carbocycles. The predicted octanol–water partition coefficient (Wildman–Crippen LogP) is 2.73. The Balaban J connectivity index is 2.60. The van der Waals surface area contributed by atoms with Crippen molar-refractivity contribution in [1.29, 1.82) is 0 Å². The van der Waals surface area contributed by atoms with Crippen molar-refractivity contribution in [1.82, 2.24) is 9.78 Å². The lowest BCUT2D eigenvalue weighted by Gasteiger charge is -2.10. The summed E-state index contributed by atoms with van der Waals surface area (Å²) in [6.07, 6.45) is -2.62. The van der Waals surface area contributed by atoms with Crippen LogP contribution in [0.1, 0.15) is 22.5 Å². The maximum Gasteiger partial charge on any atom is 0.356 e. The molecule has 2 rings (SSSR count). The van der Waals surface area contributed by atoms with Gasteiger partial charge in [-0.3, -0.25) is 4.68 Å². The fourth-order valence-corrected chi connectivity index (χ4v) is 1.89. The Hall–Kier alpha value is -2.44. The molecule has 1 N–H and O–H groups in total. The van der Waals surface area contributed by atoms with Crippen LogP contribution in [-0.2, 0) is 7.05 Å². The number of hydrogen-bond donors (Lipinski definition) is 1. The summed E-state index contributed by atoms with van der Waals surface area (Å²) in [6.45, 7) is 0. The standard InChI is InChI=1S/C13H12F2N2O3/c1-17-10(6-9(16-17)13(18)19)8-5-7(12(14)15)3-4-11(8)20-2/h3-6,12H,1-2H3,(H,18,19).